The molecule has 1 aliphatic rings. The highest BCUT2D eigenvalue weighted by Gasteiger charge is 2.26. The van der Waals surface area contributed by atoms with E-state index in [0.29, 0.717) is 25.2 Å². The second-order valence-electron chi connectivity index (χ2n) is 5.96. The van der Waals surface area contributed by atoms with Gasteiger partial charge in [-0.05, 0) is 23.8 Å². The molecule has 1 aliphatic heterocycles. The standard InChI is InChI=1S/C15H18F2N4O2S/c1-24(22,23)19-7-13-10-20(9-12-4-5-18-21(12)13)8-11-2-3-14(16)15(17)6-11/h2-6,13,19H,7-10H2,1H3. The number of benzene rings is 1. The van der Waals surface area contributed by atoms with Crippen LogP contribution in [0.4, 0.5) is 8.78 Å². The highest BCUT2D eigenvalue weighted by Crippen LogP contribution is 2.22. The van der Waals surface area contributed by atoms with E-state index in [0.717, 1.165) is 18.0 Å². The maximum atomic E-state index is 13.4. The Morgan fingerprint density at radius 1 is 1.29 bits per heavy atom. The molecule has 1 aromatic heterocycles. The maximum absolute atomic E-state index is 13.4. The van der Waals surface area contributed by atoms with Gasteiger partial charge in [0, 0.05) is 32.4 Å². The van der Waals surface area contributed by atoms with E-state index in [1.165, 1.54) is 6.07 Å². The van der Waals surface area contributed by atoms with Gasteiger partial charge in [-0.25, -0.2) is 21.9 Å². The predicted octanol–water partition coefficient (Wildman–Crippen LogP) is 1.27. The van der Waals surface area contributed by atoms with Crippen LogP contribution in [0, 0.1) is 11.6 Å². The summed E-state index contributed by atoms with van der Waals surface area (Å²) in [6, 6.07) is 5.55. The fourth-order valence-electron chi connectivity index (χ4n) is 2.88. The average Bonchev–Trinajstić information content (AvgIpc) is 2.96. The number of halogens is 2. The summed E-state index contributed by atoms with van der Waals surface area (Å²) in [6.45, 7) is 1.82. The van der Waals surface area contributed by atoms with E-state index in [-0.39, 0.29) is 12.6 Å². The van der Waals surface area contributed by atoms with E-state index in [2.05, 4.69) is 14.7 Å². The third-order valence-corrected chi connectivity index (χ3v) is 4.62. The largest absolute Gasteiger partial charge is 0.291 e. The Hall–Kier alpha value is -1.84. The summed E-state index contributed by atoms with van der Waals surface area (Å²) in [6.07, 6.45) is 2.78. The lowest BCUT2D eigenvalue weighted by molar-refractivity contribution is 0.168. The number of nitrogens with zero attached hydrogens (tertiary/aromatic N) is 3. The topological polar surface area (TPSA) is 67.2 Å². The van der Waals surface area contributed by atoms with E-state index in [4.69, 9.17) is 0 Å². The lowest BCUT2D eigenvalue weighted by atomic mass is 10.1. The number of fused-ring (bicyclic) bond motifs is 1. The van der Waals surface area contributed by atoms with Gasteiger partial charge in [0.2, 0.25) is 10.0 Å². The van der Waals surface area contributed by atoms with Crippen molar-refractivity contribution in [3.05, 3.63) is 53.4 Å². The molecular weight excluding hydrogens is 338 g/mol. The van der Waals surface area contributed by atoms with Gasteiger partial charge in [-0.3, -0.25) is 9.58 Å². The first-order valence-electron chi connectivity index (χ1n) is 7.45. The minimum absolute atomic E-state index is 0.163. The Kier molecular flexibility index (Phi) is 4.66. The monoisotopic (exact) mass is 356 g/mol. The van der Waals surface area contributed by atoms with Gasteiger partial charge in [-0.2, -0.15) is 5.10 Å². The lowest BCUT2D eigenvalue weighted by Crippen LogP contribution is -2.42. The molecule has 0 radical (unpaired) electrons. The number of hydrogen-bond acceptors (Lipinski definition) is 4. The summed E-state index contributed by atoms with van der Waals surface area (Å²) >= 11 is 0. The zero-order chi connectivity index (χ0) is 17.3. The maximum Gasteiger partial charge on any atom is 0.208 e. The van der Waals surface area contributed by atoms with E-state index in [1.54, 1.807) is 16.9 Å². The minimum Gasteiger partial charge on any atom is -0.291 e. The Morgan fingerprint density at radius 2 is 2.08 bits per heavy atom. The lowest BCUT2D eigenvalue weighted by Gasteiger charge is -2.34. The third-order valence-electron chi connectivity index (χ3n) is 3.92. The number of rotatable bonds is 5. The highest BCUT2D eigenvalue weighted by atomic mass is 32.2. The molecule has 0 fully saturated rings. The average molecular weight is 356 g/mol. The van der Waals surface area contributed by atoms with Crippen molar-refractivity contribution in [1.82, 2.24) is 19.4 Å². The molecule has 24 heavy (non-hydrogen) atoms. The summed E-state index contributed by atoms with van der Waals surface area (Å²) in [7, 11) is -3.30. The zero-order valence-corrected chi connectivity index (χ0v) is 13.9. The van der Waals surface area contributed by atoms with Gasteiger partial charge in [0.05, 0.1) is 18.0 Å². The molecule has 0 aliphatic carbocycles. The van der Waals surface area contributed by atoms with E-state index >= 15 is 0 Å². The molecule has 0 spiro atoms. The van der Waals surface area contributed by atoms with E-state index in [1.807, 2.05) is 6.07 Å². The van der Waals surface area contributed by atoms with Crippen LogP contribution in [0.3, 0.4) is 0 Å². The first-order chi connectivity index (χ1) is 11.3. The SMILES string of the molecule is CS(=O)(=O)NCC1CN(Cc2ccc(F)c(F)c2)Cc2ccnn21. The molecule has 2 aromatic rings. The molecule has 0 bridgehead atoms. The van der Waals surface area contributed by atoms with Gasteiger partial charge in [-0.15, -0.1) is 0 Å². The van der Waals surface area contributed by atoms with Crippen molar-refractivity contribution >= 4 is 10.0 Å². The van der Waals surface area contributed by atoms with Crippen molar-refractivity contribution in [1.29, 1.82) is 0 Å². The Labute approximate surface area is 139 Å². The first-order valence-corrected chi connectivity index (χ1v) is 9.34. The van der Waals surface area contributed by atoms with Gasteiger partial charge in [0.25, 0.3) is 0 Å². The van der Waals surface area contributed by atoms with Crippen LogP contribution in [-0.2, 0) is 23.1 Å². The molecule has 0 saturated carbocycles. The van der Waals surface area contributed by atoms with Crippen LogP contribution >= 0.6 is 0 Å². The normalized spacial score (nSPS) is 18.5. The molecule has 1 atom stereocenters. The molecule has 0 amide bonds. The van der Waals surface area contributed by atoms with Crippen molar-refractivity contribution in [3.63, 3.8) is 0 Å². The van der Waals surface area contributed by atoms with Crippen LogP contribution in [0.5, 0.6) is 0 Å². The number of nitrogens with one attached hydrogen (secondary N) is 1. The van der Waals surface area contributed by atoms with Crippen molar-refractivity contribution in [2.75, 3.05) is 19.3 Å². The molecule has 6 nitrogen and oxygen atoms in total. The fourth-order valence-corrected chi connectivity index (χ4v) is 3.38. The van der Waals surface area contributed by atoms with Gasteiger partial charge in [0.1, 0.15) is 0 Å². The number of aromatic nitrogens is 2. The van der Waals surface area contributed by atoms with Gasteiger partial charge < -0.3 is 0 Å². The van der Waals surface area contributed by atoms with Crippen LogP contribution in [-0.4, -0.2) is 42.4 Å². The second-order valence-corrected chi connectivity index (χ2v) is 7.79. The van der Waals surface area contributed by atoms with Crippen LogP contribution in [0.25, 0.3) is 0 Å². The molecule has 1 aromatic carbocycles. The molecule has 130 valence electrons. The smallest absolute Gasteiger partial charge is 0.208 e. The van der Waals surface area contributed by atoms with Crippen molar-refractivity contribution in [3.8, 4) is 0 Å². The molecule has 3 rings (SSSR count). The van der Waals surface area contributed by atoms with Crippen molar-refractivity contribution in [2.24, 2.45) is 0 Å². The van der Waals surface area contributed by atoms with Crippen LogP contribution in [0.2, 0.25) is 0 Å². The molecule has 0 saturated heterocycles. The van der Waals surface area contributed by atoms with Gasteiger partial charge in [0.15, 0.2) is 11.6 Å². The molecule has 9 heteroatoms. The van der Waals surface area contributed by atoms with Crippen LogP contribution < -0.4 is 4.72 Å². The van der Waals surface area contributed by atoms with Gasteiger partial charge >= 0.3 is 0 Å². The quantitative estimate of drug-likeness (QED) is 0.876. The summed E-state index contributed by atoms with van der Waals surface area (Å²) in [5.74, 6) is -1.74. The summed E-state index contributed by atoms with van der Waals surface area (Å²) in [4.78, 5) is 2.05. The van der Waals surface area contributed by atoms with Gasteiger partial charge in [-0.1, -0.05) is 6.07 Å². The van der Waals surface area contributed by atoms with Crippen molar-refractivity contribution < 1.29 is 17.2 Å². The third kappa shape index (κ3) is 3.97. The number of hydrogen-bond donors (Lipinski definition) is 1. The van der Waals surface area contributed by atoms with E-state index in [9.17, 15) is 17.2 Å². The molecule has 1 N–H and O–H groups in total. The van der Waals surface area contributed by atoms with E-state index < -0.39 is 21.7 Å². The van der Waals surface area contributed by atoms with Crippen LogP contribution in [0.1, 0.15) is 17.3 Å². The first kappa shape index (κ1) is 17.0. The summed E-state index contributed by atoms with van der Waals surface area (Å²) in [5.41, 5.74) is 1.61. The molecule has 2 heterocycles. The summed E-state index contributed by atoms with van der Waals surface area (Å²) < 4.78 is 53.4. The fraction of sp³-hybridized carbons (Fsp3) is 0.400. The zero-order valence-electron chi connectivity index (χ0n) is 13.1. The minimum atomic E-state index is -3.30. The highest BCUT2D eigenvalue weighted by molar-refractivity contribution is 7.88. The Morgan fingerprint density at radius 3 is 2.79 bits per heavy atom. The predicted molar refractivity (Wildman–Crippen MR) is 84.6 cm³/mol. The second kappa shape index (κ2) is 6.58. The number of sulfonamides is 1. The summed E-state index contributed by atoms with van der Waals surface area (Å²) in [5, 5.41) is 4.25. The Bertz CT molecular complexity index is 838. The van der Waals surface area contributed by atoms with Crippen LogP contribution in [0.15, 0.2) is 30.5 Å². The molecular formula is C15H18F2N4O2S. The van der Waals surface area contributed by atoms with Crippen molar-refractivity contribution in [2.45, 2.75) is 19.1 Å². The molecule has 1 unspecified atom stereocenters. The Balaban J connectivity index is 1.75.